The van der Waals surface area contributed by atoms with Crippen LogP contribution < -0.4 is 0 Å². The number of hydrogen-bond donors (Lipinski definition) is 1. The highest BCUT2D eigenvalue weighted by atomic mass is 16.6. The lowest BCUT2D eigenvalue weighted by Crippen LogP contribution is -2.18. The Morgan fingerprint density at radius 1 is 1.71 bits per heavy atom. The van der Waals surface area contributed by atoms with E-state index in [1.165, 1.54) is 7.11 Å². The fourth-order valence-electron chi connectivity index (χ4n) is 1.39. The molecule has 1 N–H and O–H groups in total. The second-order valence-electron chi connectivity index (χ2n) is 3.33. The largest absolute Gasteiger partial charge is 0.464 e. The van der Waals surface area contributed by atoms with Gasteiger partial charge in [-0.2, -0.15) is 5.10 Å². The smallest absolute Gasteiger partial charge is 0.310 e. The van der Waals surface area contributed by atoms with Gasteiger partial charge < -0.3 is 9.47 Å². The Morgan fingerprint density at radius 3 is 3.06 bits per heavy atom. The Kier molecular flexibility index (Phi) is 5.08. The number of carbonyl (C=O) groups excluding carboxylic acids is 1. The minimum Gasteiger partial charge on any atom is -0.464 e. The molecule has 1 rings (SSSR count). The zero-order chi connectivity index (χ0) is 12.7. The van der Waals surface area contributed by atoms with Crippen LogP contribution in [0.25, 0.3) is 0 Å². The molecule has 8 heteroatoms. The van der Waals surface area contributed by atoms with Crippen molar-refractivity contribution in [2.24, 2.45) is 0 Å². The predicted molar refractivity (Wildman–Crippen MR) is 56.4 cm³/mol. The highest BCUT2D eigenvalue weighted by Gasteiger charge is 2.20. The summed E-state index contributed by atoms with van der Waals surface area (Å²) in [5.74, 6) is 0. The molecule has 1 aromatic heterocycles. The zero-order valence-corrected chi connectivity index (χ0v) is 9.29. The normalized spacial score (nSPS) is 12.1. The molecule has 0 fully saturated rings. The highest BCUT2D eigenvalue weighted by molar-refractivity contribution is 5.38. The molecular formula is C9H13N3O5. The molecule has 0 amide bonds. The lowest BCUT2D eigenvalue weighted by atomic mass is 10.1. The summed E-state index contributed by atoms with van der Waals surface area (Å²) in [5.41, 5.74) is 0.222. The van der Waals surface area contributed by atoms with Gasteiger partial charge in [-0.15, -0.1) is 0 Å². The second-order valence-corrected chi connectivity index (χ2v) is 3.33. The summed E-state index contributed by atoms with van der Waals surface area (Å²) in [5, 5.41) is 16.8. The molecular weight excluding hydrogens is 230 g/mol. The number of hydrogen-bond acceptors (Lipinski definition) is 6. The maximum absolute atomic E-state index is 10.6. The van der Waals surface area contributed by atoms with Gasteiger partial charge in [0.25, 0.3) is 6.47 Å². The van der Waals surface area contributed by atoms with Crippen LogP contribution in [0, 0.1) is 10.1 Å². The molecule has 0 bridgehead atoms. The highest BCUT2D eigenvalue weighted by Crippen LogP contribution is 2.18. The SMILES string of the molecule is COCCC(Cc1[nH]ncc1[N+](=O)[O-])OC=O. The monoisotopic (exact) mass is 243 g/mol. The molecule has 1 atom stereocenters. The number of nitro groups is 1. The molecule has 1 heterocycles. The second kappa shape index (κ2) is 6.59. The van der Waals surface area contributed by atoms with E-state index in [9.17, 15) is 14.9 Å². The number of H-pyrrole nitrogens is 1. The van der Waals surface area contributed by atoms with Crippen molar-refractivity contribution in [3.63, 3.8) is 0 Å². The average molecular weight is 243 g/mol. The molecule has 0 aromatic carbocycles. The number of nitrogens with one attached hydrogen (secondary N) is 1. The Balaban J connectivity index is 2.67. The van der Waals surface area contributed by atoms with Crippen molar-refractivity contribution in [2.45, 2.75) is 18.9 Å². The van der Waals surface area contributed by atoms with Gasteiger partial charge in [0.2, 0.25) is 0 Å². The van der Waals surface area contributed by atoms with E-state index in [0.29, 0.717) is 25.2 Å². The molecule has 8 nitrogen and oxygen atoms in total. The fraction of sp³-hybridized carbons (Fsp3) is 0.556. The first-order valence-corrected chi connectivity index (χ1v) is 4.93. The van der Waals surface area contributed by atoms with E-state index < -0.39 is 11.0 Å². The molecule has 0 spiro atoms. The van der Waals surface area contributed by atoms with Gasteiger partial charge in [-0.05, 0) is 0 Å². The Bertz CT molecular complexity index is 378. The predicted octanol–water partition coefficient (Wildman–Crippen LogP) is 0.438. The maximum Gasteiger partial charge on any atom is 0.310 e. The zero-order valence-electron chi connectivity index (χ0n) is 9.29. The summed E-state index contributed by atoms with van der Waals surface area (Å²) in [4.78, 5) is 20.4. The van der Waals surface area contributed by atoms with Crippen LogP contribution in [-0.4, -0.2) is 41.4 Å². The van der Waals surface area contributed by atoms with Crippen molar-refractivity contribution in [2.75, 3.05) is 13.7 Å². The average Bonchev–Trinajstić information content (AvgIpc) is 2.74. The van der Waals surface area contributed by atoms with Crippen molar-refractivity contribution in [3.8, 4) is 0 Å². The van der Waals surface area contributed by atoms with E-state index in [0.717, 1.165) is 6.20 Å². The van der Waals surface area contributed by atoms with Crippen molar-refractivity contribution >= 4 is 12.2 Å². The molecule has 1 unspecified atom stereocenters. The van der Waals surface area contributed by atoms with Crippen LogP contribution >= 0.6 is 0 Å². The van der Waals surface area contributed by atoms with Gasteiger partial charge in [0.1, 0.15) is 18.0 Å². The molecule has 0 saturated heterocycles. The van der Waals surface area contributed by atoms with E-state index in [4.69, 9.17) is 9.47 Å². The molecule has 1 aromatic rings. The molecule has 0 radical (unpaired) electrons. The van der Waals surface area contributed by atoms with E-state index in [1.807, 2.05) is 0 Å². The number of ether oxygens (including phenoxy) is 2. The van der Waals surface area contributed by atoms with Crippen LogP contribution in [0.5, 0.6) is 0 Å². The lowest BCUT2D eigenvalue weighted by Gasteiger charge is -2.13. The quantitative estimate of drug-likeness (QED) is 0.403. The molecule has 0 aliphatic heterocycles. The molecule has 0 aliphatic rings. The van der Waals surface area contributed by atoms with Crippen LogP contribution in [0.4, 0.5) is 5.69 Å². The van der Waals surface area contributed by atoms with Crippen molar-refractivity contribution < 1.29 is 19.2 Å². The summed E-state index contributed by atoms with van der Waals surface area (Å²) in [6, 6.07) is 0. The third-order valence-electron chi connectivity index (χ3n) is 2.22. The van der Waals surface area contributed by atoms with Crippen molar-refractivity contribution in [1.82, 2.24) is 10.2 Å². The number of nitrogens with zero attached hydrogens (tertiary/aromatic N) is 2. The minimum absolute atomic E-state index is 0.109. The molecule has 94 valence electrons. The van der Waals surface area contributed by atoms with Crippen LogP contribution in [0.2, 0.25) is 0 Å². The lowest BCUT2D eigenvalue weighted by molar-refractivity contribution is -0.385. The number of aromatic amines is 1. The molecule has 0 saturated carbocycles. The number of methoxy groups -OCH3 is 1. The van der Waals surface area contributed by atoms with Gasteiger partial charge in [-0.3, -0.25) is 20.0 Å². The Morgan fingerprint density at radius 2 is 2.47 bits per heavy atom. The Labute approximate surface area is 97.1 Å². The first kappa shape index (κ1) is 13.1. The summed E-state index contributed by atoms with van der Waals surface area (Å²) in [6.07, 6.45) is 1.33. The van der Waals surface area contributed by atoms with Crippen LogP contribution in [0.1, 0.15) is 12.1 Å². The maximum atomic E-state index is 10.6. The van der Waals surface area contributed by atoms with E-state index in [-0.39, 0.29) is 12.1 Å². The first-order valence-electron chi connectivity index (χ1n) is 4.93. The van der Waals surface area contributed by atoms with Gasteiger partial charge in [0, 0.05) is 26.6 Å². The third-order valence-corrected chi connectivity index (χ3v) is 2.22. The van der Waals surface area contributed by atoms with Crippen LogP contribution in [-0.2, 0) is 20.7 Å². The van der Waals surface area contributed by atoms with E-state index in [2.05, 4.69) is 10.2 Å². The van der Waals surface area contributed by atoms with Crippen LogP contribution in [0.3, 0.4) is 0 Å². The minimum atomic E-state index is -0.535. The van der Waals surface area contributed by atoms with Gasteiger partial charge in [-0.1, -0.05) is 0 Å². The summed E-state index contributed by atoms with van der Waals surface area (Å²) < 4.78 is 9.68. The Hall–Kier alpha value is -1.96. The fourth-order valence-corrected chi connectivity index (χ4v) is 1.39. The van der Waals surface area contributed by atoms with Gasteiger partial charge in [0.05, 0.1) is 4.92 Å². The number of aromatic nitrogens is 2. The van der Waals surface area contributed by atoms with Gasteiger partial charge >= 0.3 is 5.69 Å². The molecule has 0 aliphatic carbocycles. The summed E-state index contributed by atoms with van der Waals surface area (Å²) >= 11 is 0. The van der Waals surface area contributed by atoms with Crippen LogP contribution in [0.15, 0.2) is 6.20 Å². The number of rotatable bonds is 8. The standard InChI is InChI=1S/C9H13N3O5/c1-16-3-2-7(17-6-13)4-8-9(12(14)15)5-10-11-8/h5-7H,2-4H2,1H3,(H,10,11). The van der Waals surface area contributed by atoms with E-state index in [1.54, 1.807) is 0 Å². The summed E-state index contributed by atoms with van der Waals surface area (Å²) in [7, 11) is 1.52. The van der Waals surface area contributed by atoms with Crippen molar-refractivity contribution in [3.05, 3.63) is 22.0 Å². The summed E-state index contributed by atoms with van der Waals surface area (Å²) in [6.45, 7) is 0.725. The third kappa shape index (κ3) is 3.83. The number of carbonyl (C=O) groups is 1. The van der Waals surface area contributed by atoms with Gasteiger partial charge in [0.15, 0.2) is 0 Å². The van der Waals surface area contributed by atoms with Gasteiger partial charge in [-0.25, -0.2) is 0 Å². The van der Waals surface area contributed by atoms with Crippen molar-refractivity contribution in [1.29, 1.82) is 0 Å². The first-order chi connectivity index (χ1) is 8.19. The molecule has 17 heavy (non-hydrogen) atoms. The van der Waals surface area contributed by atoms with E-state index >= 15 is 0 Å². The topological polar surface area (TPSA) is 107 Å².